The number of nitrogens with zero attached hydrogens (tertiary/aromatic N) is 1. The SMILES string of the molecule is O=C(C[C@H]1SC(=NCc2ccco2)NC1=O)Nc1ccc(F)cc1F. The second-order valence-corrected chi connectivity index (χ2v) is 6.36. The molecule has 1 aliphatic rings. The first kappa shape index (κ1) is 17.2. The summed E-state index contributed by atoms with van der Waals surface area (Å²) in [6.45, 7) is 0.273. The van der Waals surface area contributed by atoms with Gasteiger partial charge in [0.1, 0.15) is 22.6 Å². The summed E-state index contributed by atoms with van der Waals surface area (Å²) in [5, 5.41) is 4.64. The fourth-order valence-corrected chi connectivity index (χ4v) is 3.10. The van der Waals surface area contributed by atoms with Crippen LogP contribution in [0.4, 0.5) is 14.5 Å². The van der Waals surface area contributed by atoms with Gasteiger partial charge in [0, 0.05) is 12.5 Å². The summed E-state index contributed by atoms with van der Waals surface area (Å²) in [7, 11) is 0. The van der Waals surface area contributed by atoms with Gasteiger partial charge in [-0.05, 0) is 24.3 Å². The van der Waals surface area contributed by atoms with E-state index < -0.39 is 22.8 Å². The average Bonchev–Trinajstić information content (AvgIpc) is 3.18. The molecule has 0 bridgehead atoms. The zero-order valence-corrected chi connectivity index (χ0v) is 13.6. The highest BCUT2D eigenvalue weighted by molar-refractivity contribution is 8.15. The second kappa shape index (κ2) is 7.47. The van der Waals surface area contributed by atoms with Crippen molar-refractivity contribution < 1.29 is 22.8 Å². The minimum Gasteiger partial charge on any atom is -0.467 e. The average molecular weight is 365 g/mol. The Bertz CT molecular complexity index is 824. The molecule has 6 nitrogen and oxygen atoms in total. The molecule has 0 spiro atoms. The highest BCUT2D eigenvalue weighted by atomic mass is 32.2. The maximum absolute atomic E-state index is 13.5. The highest BCUT2D eigenvalue weighted by Crippen LogP contribution is 2.24. The lowest BCUT2D eigenvalue weighted by Gasteiger charge is -2.08. The van der Waals surface area contributed by atoms with Crippen LogP contribution in [0, 0.1) is 11.6 Å². The first-order chi connectivity index (χ1) is 12.0. The summed E-state index contributed by atoms with van der Waals surface area (Å²) in [6, 6.07) is 6.33. The summed E-state index contributed by atoms with van der Waals surface area (Å²) in [5.41, 5.74) is -0.137. The summed E-state index contributed by atoms with van der Waals surface area (Å²) < 4.78 is 31.5. The van der Waals surface area contributed by atoms with E-state index in [9.17, 15) is 18.4 Å². The molecule has 0 aliphatic carbocycles. The lowest BCUT2D eigenvalue weighted by molar-refractivity contribution is -0.122. The van der Waals surface area contributed by atoms with Crippen LogP contribution < -0.4 is 10.6 Å². The van der Waals surface area contributed by atoms with Crippen molar-refractivity contribution in [1.82, 2.24) is 5.32 Å². The first-order valence-corrected chi connectivity index (χ1v) is 8.18. The maximum Gasteiger partial charge on any atom is 0.240 e. The minimum absolute atomic E-state index is 0.137. The van der Waals surface area contributed by atoms with Gasteiger partial charge in [-0.2, -0.15) is 0 Å². The van der Waals surface area contributed by atoms with Crippen LogP contribution in [-0.4, -0.2) is 22.2 Å². The van der Waals surface area contributed by atoms with Gasteiger partial charge in [0.25, 0.3) is 0 Å². The van der Waals surface area contributed by atoms with Crippen molar-refractivity contribution in [3.05, 3.63) is 54.0 Å². The molecular formula is C16H13F2N3O3S. The summed E-state index contributed by atoms with van der Waals surface area (Å²) >= 11 is 1.12. The summed E-state index contributed by atoms with van der Waals surface area (Å²) in [5.74, 6) is -1.87. The standard InChI is InChI=1S/C16H13F2N3O3S/c17-9-3-4-12(11(18)6-9)20-14(22)7-13-15(23)21-16(25-13)19-8-10-2-1-5-24-10/h1-6,13H,7-8H2,(H,20,22)(H,19,21,23)/t13-/m1/s1. The predicted octanol–water partition coefficient (Wildman–Crippen LogP) is 2.67. The molecule has 25 heavy (non-hydrogen) atoms. The van der Waals surface area contributed by atoms with E-state index >= 15 is 0 Å². The molecule has 1 saturated heterocycles. The van der Waals surface area contributed by atoms with Crippen LogP contribution in [0.2, 0.25) is 0 Å². The van der Waals surface area contributed by atoms with Gasteiger partial charge in [0.2, 0.25) is 11.8 Å². The molecule has 1 fully saturated rings. The van der Waals surface area contributed by atoms with E-state index in [0.717, 1.165) is 23.9 Å². The zero-order valence-electron chi connectivity index (χ0n) is 12.8. The summed E-state index contributed by atoms with van der Waals surface area (Å²) in [4.78, 5) is 28.1. The predicted molar refractivity (Wildman–Crippen MR) is 89.0 cm³/mol. The first-order valence-electron chi connectivity index (χ1n) is 7.30. The number of aliphatic imine (C=N–C) groups is 1. The molecule has 2 aromatic rings. The monoisotopic (exact) mass is 365 g/mol. The molecule has 0 radical (unpaired) electrons. The van der Waals surface area contributed by atoms with Gasteiger partial charge in [-0.15, -0.1) is 0 Å². The smallest absolute Gasteiger partial charge is 0.240 e. The van der Waals surface area contributed by atoms with E-state index in [1.807, 2.05) is 0 Å². The van der Waals surface area contributed by atoms with E-state index in [-0.39, 0.29) is 24.6 Å². The van der Waals surface area contributed by atoms with Gasteiger partial charge in [-0.1, -0.05) is 11.8 Å². The lowest BCUT2D eigenvalue weighted by atomic mass is 10.2. The van der Waals surface area contributed by atoms with E-state index in [1.54, 1.807) is 12.1 Å². The van der Waals surface area contributed by atoms with Crippen LogP contribution in [0.15, 0.2) is 46.0 Å². The molecule has 1 aromatic carbocycles. The third-order valence-electron chi connectivity index (χ3n) is 3.31. The van der Waals surface area contributed by atoms with E-state index in [4.69, 9.17) is 4.42 Å². The van der Waals surface area contributed by atoms with Crippen molar-refractivity contribution in [3.8, 4) is 0 Å². The Balaban J connectivity index is 1.56. The van der Waals surface area contributed by atoms with E-state index in [1.165, 1.54) is 6.26 Å². The molecule has 3 rings (SSSR count). The summed E-state index contributed by atoms with van der Waals surface area (Å²) in [6.07, 6.45) is 1.37. The number of furan rings is 1. The number of rotatable bonds is 5. The maximum atomic E-state index is 13.5. The Kier molecular flexibility index (Phi) is 5.13. The zero-order chi connectivity index (χ0) is 17.8. The highest BCUT2D eigenvalue weighted by Gasteiger charge is 2.32. The van der Waals surface area contributed by atoms with E-state index in [2.05, 4.69) is 15.6 Å². The third kappa shape index (κ3) is 4.44. The molecule has 0 saturated carbocycles. The van der Waals surface area contributed by atoms with Gasteiger partial charge >= 0.3 is 0 Å². The molecule has 1 aromatic heterocycles. The number of hydrogen-bond donors (Lipinski definition) is 2. The van der Waals surface area contributed by atoms with Crippen LogP contribution in [-0.2, 0) is 16.1 Å². The number of amides is 2. The Labute approximate surface area is 145 Å². The number of amidine groups is 1. The number of hydrogen-bond acceptors (Lipinski definition) is 5. The van der Waals surface area contributed by atoms with Crippen molar-refractivity contribution in [2.24, 2.45) is 4.99 Å². The van der Waals surface area contributed by atoms with Crippen LogP contribution in [0.3, 0.4) is 0 Å². The molecule has 130 valence electrons. The molecule has 9 heteroatoms. The molecular weight excluding hydrogens is 352 g/mol. The van der Waals surface area contributed by atoms with Crippen molar-refractivity contribution in [3.63, 3.8) is 0 Å². The van der Waals surface area contributed by atoms with Crippen molar-refractivity contribution in [1.29, 1.82) is 0 Å². The topological polar surface area (TPSA) is 83.7 Å². The molecule has 1 aliphatic heterocycles. The molecule has 2 N–H and O–H groups in total. The molecule has 0 unspecified atom stereocenters. The van der Waals surface area contributed by atoms with Crippen LogP contribution in [0.1, 0.15) is 12.2 Å². The Morgan fingerprint density at radius 3 is 2.92 bits per heavy atom. The Hall–Kier alpha value is -2.68. The molecule has 1 atom stereocenters. The van der Waals surface area contributed by atoms with Crippen molar-refractivity contribution >= 4 is 34.4 Å². The van der Waals surface area contributed by atoms with Crippen molar-refractivity contribution in [2.75, 3.05) is 5.32 Å². The number of nitrogens with one attached hydrogen (secondary N) is 2. The van der Waals surface area contributed by atoms with Gasteiger partial charge in [0.15, 0.2) is 5.17 Å². The fourth-order valence-electron chi connectivity index (χ4n) is 2.13. The normalized spacial score (nSPS) is 18.4. The van der Waals surface area contributed by atoms with Gasteiger partial charge < -0.3 is 15.1 Å². The largest absolute Gasteiger partial charge is 0.467 e. The number of halogens is 2. The number of carbonyl (C=O) groups is 2. The number of anilines is 1. The quantitative estimate of drug-likeness (QED) is 0.853. The van der Waals surface area contributed by atoms with Gasteiger partial charge in [0.05, 0.1) is 18.5 Å². The second-order valence-electron chi connectivity index (χ2n) is 5.17. The Morgan fingerprint density at radius 1 is 1.36 bits per heavy atom. The number of carbonyl (C=O) groups excluding carboxylic acids is 2. The van der Waals surface area contributed by atoms with Crippen LogP contribution in [0.5, 0.6) is 0 Å². The fraction of sp³-hybridized carbons (Fsp3) is 0.188. The third-order valence-corrected chi connectivity index (χ3v) is 4.43. The lowest BCUT2D eigenvalue weighted by Crippen LogP contribution is -2.28. The number of benzene rings is 1. The molecule has 2 heterocycles. The minimum atomic E-state index is -0.877. The Morgan fingerprint density at radius 2 is 2.20 bits per heavy atom. The molecule has 2 amide bonds. The van der Waals surface area contributed by atoms with Crippen molar-refractivity contribution in [2.45, 2.75) is 18.2 Å². The van der Waals surface area contributed by atoms with E-state index in [0.29, 0.717) is 17.0 Å². The van der Waals surface area contributed by atoms with Gasteiger partial charge in [-0.3, -0.25) is 14.6 Å². The van der Waals surface area contributed by atoms with Crippen LogP contribution in [0.25, 0.3) is 0 Å². The van der Waals surface area contributed by atoms with Gasteiger partial charge in [-0.25, -0.2) is 8.78 Å². The number of thioether (sulfide) groups is 1. The van der Waals surface area contributed by atoms with Crippen LogP contribution >= 0.6 is 11.8 Å².